The van der Waals surface area contributed by atoms with E-state index < -0.39 is 0 Å². The Bertz CT molecular complexity index is 1150. The average Bonchev–Trinajstić information content (AvgIpc) is 3.41. The van der Waals surface area contributed by atoms with Crippen molar-refractivity contribution in [3.8, 4) is 5.75 Å². The Balaban J connectivity index is 1.26. The number of amides is 1. The Morgan fingerprint density at radius 1 is 1.35 bits per heavy atom. The van der Waals surface area contributed by atoms with Crippen molar-refractivity contribution in [2.24, 2.45) is 0 Å². The maximum absolute atomic E-state index is 12.7. The standard InChI is InChI=1S/C22H22BrN5O2S/c1-28-7-5-18-17(12-28)27-22(31-18)21(29)26-14-4-2-3-13(9-14)10-24-20-15-6-8-30-19(15)16(23)11-25-20/h2-4,9,11H,5-8,10,12H2,1H3,(H,24,25)(H,26,29). The van der Waals surface area contributed by atoms with Crippen LogP contribution in [0.25, 0.3) is 0 Å². The molecule has 4 heterocycles. The Morgan fingerprint density at radius 2 is 2.26 bits per heavy atom. The van der Waals surface area contributed by atoms with Crippen LogP contribution in [0.5, 0.6) is 5.75 Å². The summed E-state index contributed by atoms with van der Waals surface area (Å²) in [5.41, 5.74) is 3.93. The molecule has 2 aliphatic heterocycles. The van der Waals surface area contributed by atoms with E-state index in [0.29, 0.717) is 18.2 Å². The number of nitrogens with zero attached hydrogens (tertiary/aromatic N) is 3. The summed E-state index contributed by atoms with van der Waals surface area (Å²) < 4.78 is 6.56. The number of halogens is 1. The fraction of sp³-hybridized carbons (Fsp3) is 0.318. The minimum atomic E-state index is -0.156. The number of nitrogens with one attached hydrogen (secondary N) is 2. The lowest BCUT2D eigenvalue weighted by Gasteiger charge is -2.20. The topological polar surface area (TPSA) is 79.4 Å². The molecule has 5 rings (SSSR count). The molecule has 9 heteroatoms. The van der Waals surface area contributed by atoms with Gasteiger partial charge in [0.2, 0.25) is 0 Å². The second-order valence-corrected chi connectivity index (χ2v) is 9.68. The van der Waals surface area contributed by atoms with Crippen molar-refractivity contribution in [3.05, 3.63) is 61.6 Å². The number of hydrogen-bond acceptors (Lipinski definition) is 7. The van der Waals surface area contributed by atoms with Gasteiger partial charge in [0.1, 0.15) is 11.6 Å². The molecule has 2 aliphatic rings. The third-order valence-electron chi connectivity index (χ3n) is 5.44. The van der Waals surface area contributed by atoms with Crippen LogP contribution < -0.4 is 15.4 Å². The number of thiazole rings is 1. The molecule has 7 nitrogen and oxygen atoms in total. The van der Waals surface area contributed by atoms with E-state index in [1.54, 1.807) is 6.20 Å². The van der Waals surface area contributed by atoms with E-state index in [1.807, 2.05) is 24.3 Å². The number of carbonyl (C=O) groups excluding carboxylic acids is 1. The highest BCUT2D eigenvalue weighted by atomic mass is 79.9. The first-order valence-electron chi connectivity index (χ1n) is 10.2. The second-order valence-electron chi connectivity index (χ2n) is 7.75. The van der Waals surface area contributed by atoms with Gasteiger partial charge in [0.15, 0.2) is 5.01 Å². The van der Waals surface area contributed by atoms with Crippen molar-refractivity contribution in [2.75, 3.05) is 30.8 Å². The first kappa shape index (κ1) is 20.4. The lowest BCUT2D eigenvalue weighted by Crippen LogP contribution is -2.25. The lowest BCUT2D eigenvalue weighted by molar-refractivity contribution is 0.102. The van der Waals surface area contributed by atoms with Gasteiger partial charge in [0.05, 0.1) is 16.8 Å². The summed E-state index contributed by atoms with van der Waals surface area (Å²) in [6, 6.07) is 7.83. The Labute approximate surface area is 193 Å². The molecule has 0 saturated heterocycles. The van der Waals surface area contributed by atoms with Crippen LogP contribution in [0.1, 0.15) is 31.5 Å². The van der Waals surface area contributed by atoms with E-state index in [2.05, 4.69) is 48.5 Å². The Morgan fingerprint density at radius 3 is 3.16 bits per heavy atom. The highest BCUT2D eigenvalue weighted by molar-refractivity contribution is 9.10. The molecule has 0 bridgehead atoms. The number of carbonyl (C=O) groups is 1. The molecule has 2 aromatic heterocycles. The van der Waals surface area contributed by atoms with E-state index >= 15 is 0 Å². The maximum atomic E-state index is 12.7. The molecule has 0 radical (unpaired) electrons. The third kappa shape index (κ3) is 4.30. The van der Waals surface area contributed by atoms with Crippen LogP contribution in [0.4, 0.5) is 11.5 Å². The molecule has 3 aromatic rings. The quantitative estimate of drug-likeness (QED) is 0.550. The summed E-state index contributed by atoms with van der Waals surface area (Å²) in [5, 5.41) is 6.92. The van der Waals surface area contributed by atoms with Crippen molar-refractivity contribution in [1.82, 2.24) is 14.9 Å². The molecule has 160 valence electrons. The highest BCUT2D eigenvalue weighted by Crippen LogP contribution is 2.37. The number of rotatable bonds is 5. The minimum Gasteiger partial charge on any atom is -0.492 e. The molecule has 0 unspecified atom stereocenters. The van der Waals surface area contributed by atoms with Crippen LogP contribution in [0.2, 0.25) is 0 Å². The third-order valence-corrected chi connectivity index (χ3v) is 7.16. The Hall–Kier alpha value is -2.49. The van der Waals surface area contributed by atoms with Crippen molar-refractivity contribution in [1.29, 1.82) is 0 Å². The van der Waals surface area contributed by atoms with Gasteiger partial charge < -0.3 is 20.3 Å². The van der Waals surface area contributed by atoms with E-state index in [9.17, 15) is 4.79 Å². The minimum absolute atomic E-state index is 0.156. The van der Waals surface area contributed by atoms with Gasteiger partial charge in [-0.1, -0.05) is 12.1 Å². The largest absolute Gasteiger partial charge is 0.492 e. The molecule has 1 aromatic carbocycles. The van der Waals surface area contributed by atoms with Crippen LogP contribution in [0.3, 0.4) is 0 Å². The van der Waals surface area contributed by atoms with Gasteiger partial charge in [-0.15, -0.1) is 11.3 Å². The lowest BCUT2D eigenvalue weighted by atomic mass is 10.1. The number of aromatic nitrogens is 2. The smallest absolute Gasteiger partial charge is 0.284 e. The molecule has 0 saturated carbocycles. The summed E-state index contributed by atoms with van der Waals surface area (Å²) in [5.74, 6) is 1.55. The first-order valence-corrected chi connectivity index (χ1v) is 11.8. The number of likely N-dealkylation sites (N-methyl/N-ethyl adjacent to an activating group) is 1. The summed E-state index contributed by atoms with van der Waals surface area (Å²) in [6.45, 7) is 3.09. The van der Waals surface area contributed by atoms with Crippen molar-refractivity contribution >= 4 is 44.7 Å². The number of ether oxygens (including phenoxy) is 1. The van der Waals surface area contributed by atoms with Crippen molar-refractivity contribution in [2.45, 2.75) is 25.9 Å². The van der Waals surface area contributed by atoms with Gasteiger partial charge in [-0.2, -0.15) is 0 Å². The van der Waals surface area contributed by atoms with Crippen molar-refractivity contribution < 1.29 is 9.53 Å². The number of benzene rings is 1. The molecule has 0 fully saturated rings. The van der Waals surface area contributed by atoms with E-state index in [1.165, 1.54) is 16.2 Å². The summed E-state index contributed by atoms with van der Waals surface area (Å²) in [7, 11) is 2.08. The van der Waals surface area contributed by atoms with Crippen LogP contribution in [-0.4, -0.2) is 41.0 Å². The number of hydrogen-bond donors (Lipinski definition) is 2. The molecular weight excluding hydrogens is 478 g/mol. The van der Waals surface area contributed by atoms with E-state index in [-0.39, 0.29) is 5.91 Å². The van der Waals surface area contributed by atoms with Crippen molar-refractivity contribution in [3.63, 3.8) is 0 Å². The molecular formula is C22H22BrN5O2S. The fourth-order valence-electron chi connectivity index (χ4n) is 3.86. The van der Waals surface area contributed by atoms with Gasteiger partial charge >= 0.3 is 0 Å². The SMILES string of the molecule is CN1CCc2sc(C(=O)Nc3cccc(CNc4ncc(Br)c5c4CCO5)c3)nc2C1. The first-order chi connectivity index (χ1) is 15.1. The predicted octanol–water partition coefficient (Wildman–Crippen LogP) is 4.09. The second kappa shape index (κ2) is 8.57. The monoisotopic (exact) mass is 499 g/mol. The zero-order chi connectivity index (χ0) is 21.4. The molecule has 0 atom stereocenters. The van der Waals surface area contributed by atoms with Gasteiger partial charge in [-0.05, 0) is 47.1 Å². The zero-order valence-electron chi connectivity index (χ0n) is 17.1. The van der Waals surface area contributed by atoms with Crippen LogP contribution in [0, 0.1) is 0 Å². The van der Waals surface area contributed by atoms with Crippen LogP contribution >= 0.6 is 27.3 Å². The number of pyridine rings is 1. The van der Waals surface area contributed by atoms with Crippen LogP contribution in [0.15, 0.2) is 34.9 Å². The summed E-state index contributed by atoms with van der Waals surface area (Å²) in [4.78, 5) is 25.2. The normalized spacial score (nSPS) is 15.2. The summed E-state index contributed by atoms with van der Waals surface area (Å²) >= 11 is 4.99. The molecule has 2 N–H and O–H groups in total. The number of fused-ring (bicyclic) bond motifs is 2. The predicted molar refractivity (Wildman–Crippen MR) is 125 cm³/mol. The van der Waals surface area contributed by atoms with Gasteiger partial charge in [0.25, 0.3) is 5.91 Å². The highest BCUT2D eigenvalue weighted by Gasteiger charge is 2.22. The molecule has 0 aliphatic carbocycles. The molecule has 0 spiro atoms. The summed E-state index contributed by atoms with van der Waals surface area (Å²) in [6.07, 6.45) is 3.55. The van der Waals surface area contributed by atoms with Crippen LogP contribution in [-0.2, 0) is 25.9 Å². The average molecular weight is 500 g/mol. The number of anilines is 2. The zero-order valence-corrected chi connectivity index (χ0v) is 19.5. The van der Waals surface area contributed by atoms with Gasteiger partial charge in [-0.3, -0.25) is 4.79 Å². The van der Waals surface area contributed by atoms with E-state index in [0.717, 1.165) is 64.5 Å². The molecule has 1 amide bonds. The van der Waals surface area contributed by atoms with E-state index in [4.69, 9.17) is 4.74 Å². The van der Waals surface area contributed by atoms with Gasteiger partial charge in [-0.25, -0.2) is 9.97 Å². The maximum Gasteiger partial charge on any atom is 0.284 e. The molecule has 31 heavy (non-hydrogen) atoms. The Kier molecular flexibility index (Phi) is 5.64. The van der Waals surface area contributed by atoms with Gasteiger partial charge in [0, 0.05) is 48.4 Å². The fourth-order valence-corrected chi connectivity index (χ4v) is 5.27.